The number of aliphatic hydroxyl groups is 2. The third kappa shape index (κ3) is 2.60. The largest absolute Gasteiger partial charge is 0.389 e. The first-order valence-corrected chi connectivity index (χ1v) is 6.00. The van der Waals surface area contributed by atoms with Gasteiger partial charge in [-0.3, -0.25) is 4.79 Å². The highest BCUT2D eigenvalue weighted by Crippen LogP contribution is 2.27. The third-order valence-corrected chi connectivity index (χ3v) is 3.21. The maximum atomic E-state index is 11.2. The van der Waals surface area contributed by atoms with E-state index in [1.807, 2.05) is 0 Å². The van der Waals surface area contributed by atoms with Gasteiger partial charge in [0.15, 0.2) is 0 Å². The summed E-state index contributed by atoms with van der Waals surface area (Å²) in [6, 6.07) is 5.23. The minimum Gasteiger partial charge on any atom is -0.389 e. The minimum atomic E-state index is -0.990. The van der Waals surface area contributed by atoms with Crippen molar-refractivity contribution >= 4 is 23.2 Å². The average Bonchev–Trinajstić information content (AvgIpc) is 2.36. The number of hydrogen-bond acceptors (Lipinski definition) is 3. The molecule has 92 valence electrons. The van der Waals surface area contributed by atoms with Crippen LogP contribution in [0.15, 0.2) is 18.2 Å². The van der Waals surface area contributed by atoms with Crippen molar-refractivity contribution in [3.05, 3.63) is 29.3 Å². The van der Waals surface area contributed by atoms with E-state index in [-0.39, 0.29) is 11.8 Å². The van der Waals surface area contributed by atoms with Crippen LogP contribution in [0.3, 0.4) is 0 Å². The van der Waals surface area contributed by atoms with E-state index >= 15 is 0 Å². The molecule has 2 unspecified atom stereocenters. The van der Waals surface area contributed by atoms with Crippen LogP contribution in [-0.2, 0) is 11.2 Å². The van der Waals surface area contributed by atoms with Crippen molar-refractivity contribution in [2.45, 2.75) is 25.0 Å². The molecule has 0 radical (unpaired) electrons. The molecule has 0 spiro atoms. The van der Waals surface area contributed by atoms with Crippen LogP contribution in [0.5, 0.6) is 0 Å². The van der Waals surface area contributed by atoms with Gasteiger partial charge in [0.25, 0.3) is 0 Å². The van der Waals surface area contributed by atoms with Crippen molar-refractivity contribution in [1.82, 2.24) is 0 Å². The number of anilines is 1. The SMILES string of the molecule is O=C1CCc2cc(C(O)C(O)CCl)ccc2N1. The summed E-state index contributed by atoms with van der Waals surface area (Å²) in [6.07, 6.45) is -0.869. The zero-order chi connectivity index (χ0) is 12.4. The molecular weight excluding hydrogens is 242 g/mol. The van der Waals surface area contributed by atoms with Crippen molar-refractivity contribution in [3.8, 4) is 0 Å². The Bertz CT molecular complexity index is 436. The van der Waals surface area contributed by atoms with E-state index in [2.05, 4.69) is 5.32 Å². The highest BCUT2D eigenvalue weighted by molar-refractivity contribution is 6.18. The molecule has 0 saturated carbocycles. The summed E-state index contributed by atoms with van der Waals surface area (Å²) in [5, 5.41) is 22.1. The molecule has 0 fully saturated rings. The van der Waals surface area contributed by atoms with E-state index in [1.54, 1.807) is 18.2 Å². The van der Waals surface area contributed by atoms with Gasteiger partial charge in [-0.15, -0.1) is 11.6 Å². The van der Waals surface area contributed by atoms with Gasteiger partial charge in [-0.05, 0) is 23.6 Å². The molecule has 1 aliphatic rings. The van der Waals surface area contributed by atoms with Crippen LogP contribution in [0.1, 0.15) is 23.7 Å². The van der Waals surface area contributed by atoms with Gasteiger partial charge in [0.2, 0.25) is 5.91 Å². The minimum absolute atomic E-state index is 0.00610. The van der Waals surface area contributed by atoms with Crippen LogP contribution >= 0.6 is 11.6 Å². The fraction of sp³-hybridized carbons (Fsp3) is 0.417. The lowest BCUT2D eigenvalue weighted by atomic mass is 9.97. The Hall–Kier alpha value is -1.10. The molecule has 1 aromatic rings. The van der Waals surface area contributed by atoms with Crippen molar-refractivity contribution in [1.29, 1.82) is 0 Å². The van der Waals surface area contributed by atoms with Crippen LogP contribution in [-0.4, -0.2) is 28.1 Å². The zero-order valence-electron chi connectivity index (χ0n) is 9.19. The summed E-state index contributed by atoms with van der Waals surface area (Å²) >= 11 is 5.49. The number of aryl methyl sites for hydroxylation is 1. The molecule has 1 amide bonds. The van der Waals surface area contributed by atoms with Crippen LogP contribution in [0.25, 0.3) is 0 Å². The molecule has 4 nitrogen and oxygen atoms in total. The fourth-order valence-corrected chi connectivity index (χ4v) is 2.06. The van der Waals surface area contributed by atoms with Crippen molar-refractivity contribution < 1.29 is 15.0 Å². The second-order valence-electron chi connectivity index (χ2n) is 4.13. The maximum Gasteiger partial charge on any atom is 0.224 e. The Morgan fingerprint density at radius 1 is 1.35 bits per heavy atom. The first kappa shape index (κ1) is 12.4. The smallest absolute Gasteiger partial charge is 0.224 e. The number of nitrogens with one attached hydrogen (secondary N) is 1. The van der Waals surface area contributed by atoms with Crippen LogP contribution < -0.4 is 5.32 Å². The van der Waals surface area contributed by atoms with E-state index in [9.17, 15) is 15.0 Å². The van der Waals surface area contributed by atoms with Crippen LogP contribution in [0, 0.1) is 0 Å². The molecule has 1 aromatic carbocycles. The zero-order valence-corrected chi connectivity index (χ0v) is 9.94. The van der Waals surface area contributed by atoms with Crippen molar-refractivity contribution in [2.24, 2.45) is 0 Å². The number of alkyl halides is 1. The number of aliphatic hydroxyl groups excluding tert-OH is 2. The van der Waals surface area contributed by atoms with Gasteiger partial charge in [0.05, 0.1) is 12.0 Å². The second kappa shape index (κ2) is 5.04. The van der Waals surface area contributed by atoms with Crippen molar-refractivity contribution in [3.63, 3.8) is 0 Å². The van der Waals surface area contributed by atoms with E-state index < -0.39 is 12.2 Å². The van der Waals surface area contributed by atoms with Crippen LogP contribution in [0.2, 0.25) is 0 Å². The van der Waals surface area contributed by atoms with Gasteiger partial charge in [0.1, 0.15) is 6.10 Å². The normalized spacial score (nSPS) is 18.2. The Balaban J connectivity index is 2.24. The predicted octanol–water partition coefficient (Wildman–Crippen LogP) is 1.20. The number of amides is 1. The number of carbonyl (C=O) groups excluding carboxylic acids is 1. The molecule has 2 rings (SSSR count). The lowest BCUT2D eigenvalue weighted by molar-refractivity contribution is -0.116. The van der Waals surface area contributed by atoms with E-state index in [4.69, 9.17) is 11.6 Å². The lowest BCUT2D eigenvalue weighted by Gasteiger charge is -2.21. The summed E-state index contributed by atoms with van der Waals surface area (Å²) < 4.78 is 0. The molecule has 1 aliphatic heterocycles. The topological polar surface area (TPSA) is 69.6 Å². The molecule has 0 saturated heterocycles. The van der Waals surface area contributed by atoms with Gasteiger partial charge in [0, 0.05) is 12.1 Å². The molecule has 17 heavy (non-hydrogen) atoms. The summed E-state index contributed by atoms with van der Waals surface area (Å²) in [5.74, 6) is -0.0128. The molecule has 1 heterocycles. The number of carbonyl (C=O) groups is 1. The fourth-order valence-electron chi connectivity index (χ4n) is 1.89. The Kier molecular flexibility index (Phi) is 3.66. The quantitative estimate of drug-likeness (QED) is 0.711. The third-order valence-electron chi connectivity index (χ3n) is 2.89. The van der Waals surface area contributed by atoms with E-state index in [1.165, 1.54) is 0 Å². The average molecular weight is 256 g/mol. The number of fused-ring (bicyclic) bond motifs is 1. The molecule has 0 aliphatic carbocycles. The number of benzene rings is 1. The maximum absolute atomic E-state index is 11.2. The van der Waals surface area contributed by atoms with Gasteiger partial charge >= 0.3 is 0 Å². The van der Waals surface area contributed by atoms with Gasteiger partial charge < -0.3 is 15.5 Å². The number of rotatable bonds is 3. The molecule has 0 bridgehead atoms. The second-order valence-corrected chi connectivity index (χ2v) is 4.44. The van der Waals surface area contributed by atoms with Gasteiger partial charge in [-0.2, -0.15) is 0 Å². The predicted molar refractivity (Wildman–Crippen MR) is 65.1 cm³/mol. The summed E-state index contributed by atoms with van der Waals surface area (Å²) in [4.78, 5) is 11.2. The standard InChI is InChI=1S/C12H14ClNO3/c13-6-10(15)12(17)8-1-3-9-7(5-8)2-4-11(16)14-9/h1,3,5,10,12,15,17H,2,4,6H2,(H,14,16). The monoisotopic (exact) mass is 255 g/mol. The van der Waals surface area contributed by atoms with Gasteiger partial charge in [-0.1, -0.05) is 12.1 Å². The first-order valence-electron chi connectivity index (χ1n) is 5.46. The summed E-state index contributed by atoms with van der Waals surface area (Å²) in [5.41, 5.74) is 2.37. The first-order chi connectivity index (χ1) is 8.11. The summed E-state index contributed by atoms with van der Waals surface area (Å²) in [6.45, 7) is 0. The van der Waals surface area contributed by atoms with Crippen LogP contribution in [0.4, 0.5) is 5.69 Å². The summed E-state index contributed by atoms with van der Waals surface area (Å²) in [7, 11) is 0. The Morgan fingerprint density at radius 2 is 2.12 bits per heavy atom. The molecule has 0 aromatic heterocycles. The van der Waals surface area contributed by atoms with E-state index in [0.29, 0.717) is 18.4 Å². The van der Waals surface area contributed by atoms with E-state index in [0.717, 1.165) is 11.3 Å². The van der Waals surface area contributed by atoms with Gasteiger partial charge in [-0.25, -0.2) is 0 Å². The molecule has 5 heteroatoms. The highest BCUT2D eigenvalue weighted by Gasteiger charge is 2.20. The number of hydrogen-bond donors (Lipinski definition) is 3. The Morgan fingerprint density at radius 3 is 2.82 bits per heavy atom. The molecule has 2 atom stereocenters. The Labute approximate surface area is 104 Å². The van der Waals surface area contributed by atoms with Crippen molar-refractivity contribution in [2.75, 3.05) is 11.2 Å². The lowest BCUT2D eigenvalue weighted by Crippen LogP contribution is -2.22. The molecule has 3 N–H and O–H groups in total. The highest BCUT2D eigenvalue weighted by atomic mass is 35.5. The molecular formula is C12H14ClNO3. The number of halogens is 1.